The summed E-state index contributed by atoms with van der Waals surface area (Å²) in [7, 11) is 0. The first kappa shape index (κ1) is 16.3. The minimum Gasteiger partial charge on any atom is -0.256 e. The lowest BCUT2D eigenvalue weighted by Crippen LogP contribution is -1.91. The van der Waals surface area contributed by atoms with Gasteiger partial charge in [-0.25, -0.2) is 0 Å². The Morgan fingerprint density at radius 3 is 1.73 bits per heavy atom. The topological polar surface area (TPSA) is 12.9 Å². The van der Waals surface area contributed by atoms with Gasteiger partial charge < -0.3 is 0 Å². The lowest BCUT2D eigenvalue weighted by Gasteiger charge is -2.12. The molecule has 0 saturated carbocycles. The van der Waals surface area contributed by atoms with Gasteiger partial charge in [0.15, 0.2) is 0 Å². The number of nitrogens with zero attached hydrogens (tertiary/aromatic N) is 1. The summed E-state index contributed by atoms with van der Waals surface area (Å²) in [6.07, 6.45) is 1.97. The van der Waals surface area contributed by atoms with Gasteiger partial charge in [0.2, 0.25) is 0 Å². The van der Waals surface area contributed by atoms with Crippen molar-refractivity contribution in [2.45, 2.75) is 13.8 Å². The molecule has 0 bridgehead atoms. The maximum Gasteiger partial charge on any atom is 0.0708 e. The van der Waals surface area contributed by atoms with Crippen molar-refractivity contribution in [2.24, 2.45) is 0 Å². The monoisotopic (exact) mass is 335 g/mol. The molecule has 0 aliphatic rings. The van der Waals surface area contributed by atoms with Crippen LogP contribution in [0, 0.1) is 13.8 Å². The summed E-state index contributed by atoms with van der Waals surface area (Å²) < 4.78 is 0. The van der Waals surface area contributed by atoms with E-state index in [1.54, 1.807) is 0 Å². The number of aromatic nitrogens is 1. The summed E-state index contributed by atoms with van der Waals surface area (Å²) >= 11 is 0. The molecule has 0 amide bonds. The number of aryl methyl sites for hydroxylation is 2. The molecule has 1 heterocycles. The predicted octanol–water partition coefficient (Wildman–Crippen LogP) is 6.70. The molecule has 0 spiro atoms. The van der Waals surface area contributed by atoms with Crippen molar-refractivity contribution in [3.63, 3.8) is 0 Å². The van der Waals surface area contributed by atoms with Crippen LogP contribution < -0.4 is 0 Å². The summed E-state index contributed by atoms with van der Waals surface area (Å²) in [5.74, 6) is 0. The number of benzene rings is 3. The van der Waals surface area contributed by atoms with Crippen molar-refractivity contribution >= 4 is 0 Å². The standard InChI is InChI=1S/C25H21N/c1-18-13-14-22(15-23(18)20-9-5-3-6-10-20)25-16-24(19(2)17-26-25)21-11-7-4-8-12-21/h3-17H,1-2H3. The first-order valence-electron chi connectivity index (χ1n) is 8.91. The van der Waals surface area contributed by atoms with Gasteiger partial charge in [-0.2, -0.15) is 0 Å². The van der Waals surface area contributed by atoms with Crippen molar-refractivity contribution < 1.29 is 0 Å². The molecular weight excluding hydrogens is 314 g/mol. The highest BCUT2D eigenvalue weighted by Crippen LogP contribution is 2.31. The van der Waals surface area contributed by atoms with Gasteiger partial charge >= 0.3 is 0 Å². The summed E-state index contributed by atoms with van der Waals surface area (Å²) in [5, 5.41) is 0. The van der Waals surface area contributed by atoms with Crippen LogP contribution in [0.5, 0.6) is 0 Å². The lowest BCUT2D eigenvalue weighted by molar-refractivity contribution is 1.27. The highest BCUT2D eigenvalue weighted by molar-refractivity contribution is 5.77. The van der Waals surface area contributed by atoms with Crippen LogP contribution in [0.15, 0.2) is 91.1 Å². The van der Waals surface area contributed by atoms with Crippen LogP contribution >= 0.6 is 0 Å². The van der Waals surface area contributed by atoms with Crippen molar-refractivity contribution in [2.75, 3.05) is 0 Å². The molecule has 1 aromatic heterocycles. The van der Waals surface area contributed by atoms with E-state index < -0.39 is 0 Å². The van der Waals surface area contributed by atoms with Crippen LogP contribution in [0.1, 0.15) is 11.1 Å². The van der Waals surface area contributed by atoms with Crippen LogP contribution in [0.3, 0.4) is 0 Å². The fourth-order valence-electron chi connectivity index (χ4n) is 3.32. The summed E-state index contributed by atoms with van der Waals surface area (Å²) in [5.41, 5.74) is 9.57. The summed E-state index contributed by atoms with van der Waals surface area (Å²) in [6, 6.07) is 29.8. The Hall–Kier alpha value is -3.19. The van der Waals surface area contributed by atoms with E-state index in [0.29, 0.717) is 0 Å². The number of hydrogen-bond donors (Lipinski definition) is 0. The second-order valence-electron chi connectivity index (χ2n) is 6.65. The van der Waals surface area contributed by atoms with E-state index in [0.717, 1.165) is 11.3 Å². The molecule has 4 rings (SSSR count). The quantitative estimate of drug-likeness (QED) is 0.406. The molecule has 0 saturated heterocycles. The van der Waals surface area contributed by atoms with Gasteiger partial charge in [-0.15, -0.1) is 0 Å². The highest BCUT2D eigenvalue weighted by atomic mass is 14.7. The average Bonchev–Trinajstić information content (AvgIpc) is 2.70. The predicted molar refractivity (Wildman–Crippen MR) is 110 cm³/mol. The fraction of sp³-hybridized carbons (Fsp3) is 0.0800. The average molecular weight is 335 g/mol. The Balaban J connectivity index is 1.82. The first-order chi connectivity index (χ1) is 12.7. The van der Waals surface area contributed by atoms with Crippen LogP contribution in [0.25, 0.3) is 33.5 Å². The lowest BCUT2D eigenvalue weighted by atomic mass is 9.95. The Labute approximate surface area is 155 Å². The first-order valence-corrected chi connectivity index (χ1v) is 8.91. The van der Waals surface area contributed by atoms with Gasteiger partial charge in [-0.05, 0) is 59.4 Å². The molecule has 0 aliphatic heterocycles. The zero-order valence-electron chi connectivity index (χ0n) is 15.1. The van der Waals surface area contributed by atoms with E-state index in [4.69, 9.17) is 4.98 Å². The molecule has 1 heteroatoms. The molecule has 26 heavy (non-hydrogen) atoms. The van der Waals surface area contributed by atoms with Gasteiger partial charge in [-0.1, -0.05) is 72.8 Å². The molecule has 0 aliphatic carbocycles. The number of pyridine rings is 1. The summed E-state index contributed by atoms with van der Waals surface area (Å²) in [6.45, 7) is 4.27. The maximum atomic E-state index is 4.70. The number of hydrogen-bond acceptors (Lipinski definition) is 1. The highest BCUT2D eigenvalue weighted by Gasteiger charge is 2.09. The van der Waals surface area contributed by atoms with E-state index in [1.165, 1.54) is 33.4 Å². The van der Waals surface area contributed by atoms with E-state index >= 15 is 0 Å². The number of rotatable bonds is 3. The van der Waals surface area contributed by atoms with E-state index in [9.17, 15) is 0 Å². The Morgan fingerprint density at radius 2 is 1.12 bits per heavy atom. The van der Waals surface area contributed by atoms with E-state index in [-0.39, 0.29) is 0 Å². The third kappa shape index (κ3) is 3.16. The molecule has 4 aromatic rings. The van der Waals surface area contributed by atoms with Gasteiger partial charge in [0.1, 0.15) is 0 Å². The zero-order valence-corrected chi connectivity index (χ0v) is 15.1. The second kappa shape index (κ2) is 6.97. The molecule has 1 nitrogen and oxygen atoms in total. The molecule has 126 valence electrons. The van der Waals surface area contributed by atoms with Crippen molar-refractivity contribution in [3.8, 4) is 33.5 Å². The molecule has 0 unspecified atom stereocenters. The Kier molecular flexibility index (Phi) is 4.37. The molecule has 0 N–H and O–H groups in total. The molecule has 0 fully saturated rings. The second-order valence-corrected chi connectivity index (χ2v) is 6.65. The minimum absolute atomic E-state index is 1.01. The van der Waals surface area contributed by atoms with Gasteiger partial charge in [0.05, 0.1) is 5.69 Å². The van der Waals surface area contributed by atoms with E-state index in [2.05, 4.69) is 92.7 Å². The smallest absolute Gasteiger partial charge is 0.0708 e. The largest absolute Gasteiger partial charge is 0.256 e. The fourth-order valence-corrected chi connectivity index (χ4v) is 3.32. The van der Waals surface area contributed by atoms with Crippen molar-refractivity contribution in [1.29, 1.82) is 0 Å². The van der Waals surface area contributed by atoms with Crippen LogP contribution in [0.4, 0.5) is 0 Å². The van der Waals surface area contributed by atoms with E-state index in [1.807, 2.05) is 12.3 Å². The Bertz CT molecular complexity index is 947. The maximum absolute atomic E-state index is 4.70. The summed E-state index contributed by atoms with van der Waals surface area (Å²) in [4.78, 5) is 4.70. The third-order valence-corrected chi connectivity index (χ3v) is 4.81. The van der Waals surface area contributed by atoms with Crippen LogP contribution in [0.2, 0.25) is 0 Å². The van der Waals surface area contributed by atoms with Crippen LogP contribution in [-0.2, 0) is 0 Å². The molecular formula is C25H21N. The van der Waals surface area contributed by atoms with Gasteiger partial charge in [-0.3, -0.25) is 4.98 Å². The van der Waals surface area contributed by atoms with Crippen molar-refractivity contribution in [3.05, 3.63) is 102 Å². The molecule has 3 aromatic carbocycles. The molecule has 0 radical (unpaired) electrons. The van der Waals surface area contributed by atoms with Crippen LogP contribution in [-0.4, -0.2) is 4.98 Å². The minimum atomic E-state index is 1.01. The molecule has 0 atom stereocenters. The third-order valence-electron chi connectivity index (χ3n) is 4.81. The normalized spacial score (nSPS) is 10.7. The van der Waals surface area contributed by atoms with Gasteiger partial charge in [0, 0.05) is 11.8 Å². The van der Waals surface area contributed by atoms with Gasteiger partial charge in [0.25, 0.3) is 0 Å². The SMILES string of the molecule is Cc1ccc(-c2cc(-c3ccccc3)c(C)cn2)cc1-c1ccccc1. The Morgan fingerprint density at radius 1 is 0.538 bits per heavy atom. The zero-order chi connectivity index (χ0) is 17.9. The van der Waals surface area contributed by atoms with Crippen molar-refractivity contribution in [1.82, 2.24) is 4.98 Å².